The molecule has 0 aliphatic carbocycles. The third-order valence-corrected chi connectivity index (χ3v) is 4.68. The number of rotatable bonds is 9. The Bertz CT molecular complexity index is 542. The van der Waals surface area contributed by atoms with Crippen molar-refractivity contribution in [3.63, 3.8) is 0 Å². The number of nitrogens with zero attached hydrogens (tertiary/aromatic N) is 1. The van der Waals surface area contributed by atoms with E-state index in [0.717, 1.165) is 31.0 Å². The van der Waals surface area contributed by atoms with Crippen molar-refractivity contribution in [2.45, 2.75) is 32.4 Å². The Morgan fingerprint density at radius 2 is 1.86 bits per heavy atom. The van der Waals surface area contributed by atoms with E-state index in [-0.39, 0.29) is 11.5 Å². The molecule has 0 radical (unpaired) electrons. The zero-order valence-corrected chi connectivity index (χ0v) is 14.3. The van der Waals surface area contributed by atoms with Gasteiger partial charge in [-0.05, 0) is 25.3 Å². The van der Waals surface area contributed by atoms with E-state index >= 15 is 0 Å². The molecule has 1 aromatic rings. The van der Waals surface area contributed by atoms with Crippen LogP contribution in [0.4, 0.5) is 0 Å². The van der Waals surface area contributed by atoms with Crippen LogP contribution < -0.4 is 10.6 Å². The van der Waals surface area contributed by atoms with Gasteiger partial charge in [-0.2, -0.15) is 0 Å². The quantitative estimate of drug-likeness (QED) is 0.414. The van der Waals surface area contributed by atoms with Gasteiger partial charge in [0.05, 0.1) is 11.5 Å². The molecule has 0 aliphatic heterocycles. The molecule has 0 heterocycles. The molecule has 0 amide bonds. The lowest BCUT2D eigenvalue weighted by Crippen LogP contribution is -2.38. The Hall–Kier alpha value is -1.56. The molecule has 0 saturated carbocycles. The predicted molar refractivity (Wildman–Crippen MR) is 92.8 cm³/mol. The molecule has 0 unspecified atom stereocenters. The number of hydrogen-bond acceptors (Lipinski definition) is 3. The summed E-state index contributed by atoms with van der Waals surface area (Å²) in [6.07, 6.45) is 1.56. The Morgan fingerprint density at radius 1 is 1.14 bits per heavy atom. The lowest BCUT2D eigenvalue weighted by molar-refractivity contribution is 0.591. The topological polar surface area (TPSA) is 70.6 Å². The molecule has 0 aliphatic rings. The predicted octanol–water partition coefficient (Wildman–Crippen LogP) is 1.96. The third-order valence-electron chi connectivity index (χ3n) is 2.99. The first-order valence-corrected chi connectivity index (χ1v) is 9.66. The second-order valence-electron chi connectivity index (χ2n) is 5.12. The highest BCUT2D eigenvalue weighted by atomic mass is 32.2. The van der Waals surface area contributed by atoms with Crippen molar-refractivity contribution >= 4 is 15.8 Å². The minimum atomic E-state index is -3.06. The number of guanidine groups is 1. The summed E-state index contributed by atoms with van der Waals surface area (Å²) in [4.78, 5) is 4.38. The van der Waals surface area contributed by atoms with E-state index in [0.29, 0.717) is 13.0 Å². The van der Waals surface area contributed by atoms with Crippen LogP contribution in [0.25, 0.3) is 0 Å². The van der Waals surface area contributed by atoms with Gasteiger partial charge in [-0.25, -0.2) is 8.42 Å². The van der Waals surface area contributed by atoms with Gasteiger partial charge in [0, 0.05) is 19.6 Å². The van der Waals surface area contributed by atoms with Crippen LogP contribution in [-0.2, 0) is 15.6 Å². The average Bonchev–Trinajstić information content (AvgIpc) is 2.49. The highest BCUT2D eigenvalue weighted by Crippen LogP contribution is 2.06. The molecule has 0 fully saturated rings. The number of nitrogens with one attached hydrogen (secondary N) is 2. The summed E-state index contributed by atoms with van der Waals surface area (Å²) >= 11 is 0. The second-order valence-corrected chi connectivity index (χ2v) is 7.30. The van der Waals surface area contributed by atoms with E-state index in [1.807, 2.05) is 37.3 Å². The average molecular weight is 325 g/mol. The first kappa shape index (κ1) is 18.5. The van der Waals surface area contributed by atoms with Crippen molar-refractivity contribution in [1.82, 2.24) is 10.6 Å². The molecule has 0 atom stereocenters. The van der Waals surface area contributed by atoms with Gasteiger partial charge >= 0.3 is 0 Å². The Labute approximate surface area is 134 Å². The Balaban J connectivity index is 2.36. The number of hydrogen-bond donors (Lipinski definition) is 2. The fourth-order valence-corrected chi connectivity index (χ4v) is 3.39. The van der Waals surface area contributed by atoms with Crippen molar-refractivity contribution in [2.24, 2.45) is 4.99 Å². The minimum Gasteiger partial charge on any atom is -0.357 e. The van der Waals surface area contributed by atoms with Gasteiger partial charge in [0.2, 0.25) is 0 Å². The normalized spacial score (nSPS) is 12.2. The molecule has 0 aromatic heterocycles. The molecule has 22 heavy (non-hydrogen) atoms. The molecule has 1 rings (SSSR count). The number of aliphatic imine (C=N–C) groups is 1. The lowest BCUT2D eigenvalue weighted by Gasteiger charge is -2.11. The van der Waals surface area contributed by atoms with Crippen LogP contribution in [0.2, 0.25) is 0 Å². The first-order chi connectivity index (χ1) is 10.6. The smallest absolute Gasteiger partial charge is 0.191 e. The van der Waals surface area contributed by atoms with Crippen LogP contribution in [-0.4, -0.2) is 39.8 Å². The summed E-state index contributed by atoms with van der Waals surface area (Å²) in [6.45, 7) is 6.24. The lowest BCUT2D eigenvalue weighted by atomic mass is 10.2. The van der Waals surface area contributed by atoms with Crippen molar-refractivity contribution in [1.29, 1.82) is 0 Å². The highest BCUT2D eigenvalue weighted by molar-refractivity contribution is 7.90. The Kier molecular flexibility index (Phi) is 8.58. The minimum absolute atomic E-state index is 0.109. The summed E-state index contributed by atoms with van der Waals surface area (Å²) in [5, 5.41) is 6.31. The van der Waals surface area contributed by atoms with Crippen LogP contribution in [0, 0.1) is 0 Å². The van der Waals surface area contributed by atoms with Crippen molar-refractivity contribution < 1.29 is 8.42 Å². The summed E-state index contributed by atoms with van der Waals surface area (Å²) in [7, 11) is -3.06. The molecule has 1 aromatic carbocycles. The van der Waals surface area contributed by atoms with Gasteiger partial charge in [0.1, 0.15) is 0 Å². The molecular formula is C16H27N3O2S. The maximum absolute atomic E-state index is 12.1. The molecule has 5 nitrogen and oxygen atoms in total. The maximum Gasteiger partial charge on any atom is 0.191 e. The zero-order valence-electron chi connectivity index (χ0n) is 13.5. The monoisotopic (exact) mass is 325 g/mol. The standard InChI is InChI=1S/C16H27N3O2S/c1-3-11-18-16(17-4-2)19-12-8-13-22(20,21)14-15-9-6-5-7-10-15/h5-7,9-10H,3-4,8,11-14H2,1-2H3,(H2,17,18,19). The summed E-state index contributed by atoms with van der Waals surface area (Å²) in [5.41, 5.74) is 0.841. The highest BCUT2D eigenvalue weighted by Gasteiger charge is 2.11. The summed E-state index contributed by atoms with van der Waals surface area (Å²) < 4.78 is 24.1. The molecular weight excluding hydrogens is 298 g/mol. The van der Waals surface area contributed by atoms with E-state index in [9.17, 15) is 8.42 Å². The van der Waals surface area contributed by atoms with Crippen molar-refractivity contribution in [2.75, 3.05) is 25.4 Å². The molecule has 2 N–H and O–H groups in total. The summed E-state index contributed by atoms with van der Waals surface area (Å²) in [5.74, 6) is 1.05. The van der Waals surface area contributed by atoms with Crippen LogP contribution in [0.1, 0.15) is 32.3 Å². The molecule has 6 heteroatoms. The van der Waals surface area contributed by atoms with E-state index < -0.39 is 9.84 Å². The van der Waals surface area contributed by atoms with Crippen molar-refractivity contribution in [3.8, 4) is 0 Å². The van der Waals surface area contributed by atoms with Crippen molar-refractivity contribution in [3.05, 3.63) is 35.9 Å². The van der Waals surface area contributed by atoms with E-state index in [2.05, 4.69) is 22.5 Å². The Morgan fingerprint density at radius 3 is 2.50 bits per heavy atom. The fraction of sp³-hybridized carbons (Fsp3) is 0.562. The summed E-state index contributed by atoms with van der Waals surface area (Å²) in [6, 6.07) is 9.30. The molecule has 124 valence electrons. The van der Waals surface area contributed by atoms with Crippen LogP contribution >= 0.6 is 0 Å². The van der Waals surface area contributed by atoms with Gasteiger partial charge in [0.25, 0.3) is 0 Å². The van der Waals surface area contributed by atoms with Gasteiger partial charge in [-0.15, -0.1) is 0 Å². The van der Waals surface area contributed by atoms with Crippen LogP contribution in [0.3, 0.4) is 0 Å². The second kappa shape index (κ2) is 10.2. The van der Waals surface area contributed by atoms with Crippen LogP contribution in [0.15, 0.2) is 35.3 Å². The van der Waals surface area contributed by atoms with Gasteiger partial charge in [0.15, 0.2) is 15.8 Å². The first-order valence-electron chi connectivity index (χ1n) is 7.84. The maximum atomic E-state index is 12.1. The molecule has 0 bridgehead atoms. The fourth-order valence-electron chi connectivity index (χ4n) is 1.96. The third kappa shape index (κ3) is 8.02. The van der Waals surface area contributed by atoms with Crippen LogP contribution in [0.5, 0.6) is 0 Å². The zero-order chi connectivity index (χ0) is 16.3. The molecule has 0 spiro atoms. The number of sulfone groups is 1. The van der Waals surface area contributed by atoms with Gasteiger partial charge < -0.3 is 10.6 Å². The van der Waals surface area contributed by atoms with E-state index in [1.165, 1.54) is 0 Å². The number of benzene rings is 1. The largest absolute Gasteiger partial charge is 0.357 e. The SMILES string of the molecule is CCCN=C(NCC)NCCCS(=O)(=O)Cc1ccccc1. The van der Waals surface area contributed by atoms with E-state index in [4.69, 9.17) is 0 Å². The van der Waals surface area contributed by atoms with Gasteiger partial charge in [-0.1, -0.05) is 37.3 Å². The molecule has 0 saturated heterocycles. The van der Waals surface area contributed by atoms with E-state index in [1.54, 1.807) is 0 Å². The van der Waals surface area contributed by atoms with Gasteiger partial charge in [-0.3, -0.25) is 4.99 Å².